The average molecular weight is 841 g/mol. The Kier molecular flexibility index (Phi) is 7.65. The lowest BCUT2D eigenvalue weighted by atomic mass is 10.0. The van der Waals surface area contributed by atoms with Gasteiger partial charge in [0.15, 0.2) is 0 Å². The summed E-state index contributed by atoms with van der Waals surface area (Å²) in [6.45, 7) is 0. The third-order valence-electron chi connectivity index (χ3n) is 13.6. The zero-order valence-electron chi connectivity index (χ0n) is 35.5. The molecule has 0 atom stereocenters. The number of rotatable bonds is 5. The molecular weight excluding hydrogens is 805 g/mol. The normalized spacial score (nSPS) is 11.9. The lowest BCUT2D eigenvalue weighted by Gasteiger charge is -2.16. The van der Waals surface area contributed by atoms with E-state index in [1.54, 1.807) is 0 Å². The lowest BCUT2D eigenvalue weighted by Crippen LogP contribution is -2.01. The zero-order chi connectivity index (χ0) is 43.5. The van der Waals surface area contributed by atoms with Crippen molar-refractivity contribution in [1.29, 1.82) is 5.26 Å². The Morgan fingerprint density at radius 2 is 0.727 bits per heavy atom. The van der Waals surface area contributed by atoms with Crippen molar-refractivity contribution in [2.24, 2.45) is 0 Å². The molecule has 0 N–H and O–H groups in total. The van der Waals surface area contributed by atoms with Gasteiger partial charge in [0.2, 0.25) is 0 Å². The summed E-state index contributed by atoms with van der Waals surface area (Å²) in [7, 11) is 0. The number of nitriles is 1. The molecule has 66 heavy (non-hydrogen) atoms. The van der Waals surface area contributed by atoms with Crippen molar-refractivity contribution in [3.05, 3.63) is 224 Å². The smallest absolute Gasteiger partial charge is 0.0991 e. The van der Waals surface area contributed by atoms with Crippen LogP contribution in [0.2, 0.25) is 0 Å². The van der Waals surface area contributed by atoms with Crippen LogP contribution in [0, 0.1) is 11.3 Å². The molecule has 14 aromatic rings. The molecule has 9 aromatic carbocycles. The van der Waals surface area contributed by atoms with Gasteiger partial charge >= 0.3 is 0 Å². The zero-order valence-corrected chi connectivity index (χ0v) is 35.5. The SMILES string of the molecule is N#Cc1ccc(-n2c3ccccc3c3cc4c5ccccc5n(-c5ccccc5)c4cc32)c(-c2cc(-n3c4ccccc4c4cc5c6ccccc6n(-c6ccccc6)c5cc43)ccn2)c1. The fourth-order valence-electron chi connectivity index (χ4n) is 10.8. The molecule has 306 valence electrons. The minimum absolute atomic E-state index is 0.571. The number of pyridine rings is 1. The van der Waals surface area contributed by atoms with Crippen LogP contribution in [-0.2, 0) is 0 Å². The highest BCUT2D eigenvalue weighted by Crippen LogP contribution is 2.43. The third kappa shape index (κ3) is 5.14. The van der Waals surface area contributed by atoms with Crippen molar-refractivity contribution in [2.75, 3.05) is 0 Å². The Morgan fingerprint density at radius 3 is 1.20 bits per heavy atom. The van der Waals surface area contributed by atoms with Crippen LogP contribution in [-0.4, -0.2) is 23.3 Å². The summed E-state index contributed by atoms with van der Waals surface area (Å²) in [6, 6.07) is 78.1. The van der Waals surface area contributed by atoms with Crippen LogP contribution in [0.4, 0.5) is 0 Å². The van der Waals surface area contributed by atoms with E-state index in [1.165, 1.54) is 37.8 Å². The van der Waals surface area contributed by atoms with Crippen molar-refractivity contribution < 1.29 is 0 Å². The van der Waals surface area contributed by atoms with Gasteiger partial charge in [0.1, 0.15) is 0 Å². The van der Waals surface area contributed by atoms with Gasteiger partial charge in [-0.1, -0.05) is 109 Å². The molecule has 0 saturated heterocycles. The van der Waals surface area contributed by atoms with E-state index in [0.717, 1.165) is 83.4 Å². The van der Waals surface area contributed by atoms with Gasteiger partial charge in [-0.2, -0.15) is 5.26 Å². The summed E-state index contributed by atoms with van der Waals surface area (Å²) >= 11 is 0. The van der Waals surface area contributed by atoms with E-state index in [1.807, 2.05) is 18.3 Å². The minimum Gasteiger partial charge on any atom is -0.309 e. The Labute approximate surface area is 378 Å². The van der Waals surface area contributed by atoms with Crippen molar-refractivity contribution in [2.45, 2.75) is 0 Å². The van der Waals surface area contributed by atoms with Crippen LogP contribution in [0.25, 0.3) is 121 Å². The largest absolute Gasteiger partial charge is 0.309 e. The predicted octanol–water partition coefficient (Wildman–Crippen LogP) is 15.0. The Morgan fingerprint density at radius 1 is 0.318 bits per heavy atom. The first-order valence-corrected chi connectivity index (χ1v) is 22.3. The first-order valence-electron chi connectivity index (χ1n) is 22.3. The summed E-state index contributed by atoms with van der Waals surface area (Å²) in [5.74, 6) is 0. The maximum Gasteiger partial charge on any atom is 0.0991 e. The van der Waals surface area contributed by atoms with E-state index in [0.29, 0.717) is 5.56 Å². The molecule has 0 radical (unpaired) electrons. The van der Waals surface area contributed by atoms with E-state index < -0.39 is 0 Å². The number of fused-ring (bicyclic) bond motifs is 12. The van der Waals surface area contributed by atoms with Crippen molar-refractivity contribution in [3.63, 3.8) is 0 Å². The van der Waals surface area contributed by atoms with Gasteiger partial charge in [0.05, 0.1) is 67.1 Å². The van der Waals surface area contributed by atoms with Crippen molar-refractivity contribution in [3.8, 4) is 40.1 Å². The average Bonchev–Trinajstić information content (AvgIpc) is 4.10. The highest BCUT2D eigenvalue weighted by atomic mass is 15.0. The molecule has 6 heteroatoms. The Hall–Kier alpha value is -9.18. The highest BCUT2D eigenvalue weighted by molar-refractivity contribution is 6.21. The summed E-state index contributed by atoms with van der Waals surface area (Å²) in [5.41, 5.74) is 15.3. The van der Waals surface area contributed by atoms with E-state index in [4.69, 9.17) is 4.98 Å². The summed E-state index contributed by atoms with van der Waals surface area (Å²) in [4.78, 5) is 5.11. The van der Waals surface area contributed by atoms with Gasteiger partial charge < -0.3 is 18.3 Å². The molecule has 0 unspecified atom stereocenters. The van der Waals surface area contributed by atoms with Gasteiger partial charge in [-0.3, -0.25) is 4.98 Å². The molecule has 0 bridgehead atoms. The van der Waals surface area contributed by atoms with Crippen molar-refractivity contribution >= 4 is 87.2 Å². The molecular formula is C60H36N6. The first kappa shape index (κ1) is 36.3. The quantitative estimate of drug-likeness (QED) is 0.173. The molecule has 6 nitrogen and oxygen atoms in total. The maximum atomic E-state index is 10.4. The second kappa shape index (κ2) is 13.9. The van der Waals surface area contributed by atoms with Gasteiger partial charge in [-0.25, -0.2) is 0 Å². The number of para-hydroxylation sites is 6. The van der Waals surface area contributed by atoms with E-state index in [9.17, 15) is 5.26 Å². The summed E-state index contributed by atoms with van der Waals surface area (Å²) in [5, 5.41) is 19.9. The van der Waals surface area contributed by atoms with Gasteiger partial charge in [-0.05, 0) is 103 Å². The molecule has 14 rings (SSSR count). The predicted molar refractivity (Wildman–Crippen MR) is 272 cm³/mol. The monoisotopic (exact) mass is 840 g/mol. The minimum atomic E-state index is 0.571. The molecule has 0 aliphatic carbocycles. The fraction of sp³-hybridized carbons (Fsp3) is 0. The second-order valence-corrected chi connectivity index (χ2v) is 17.1. The van der Waals surface area contributed by atoms with E-state index in [2.05, 4.69) is 225 Å². The maximum absolute atomic E-state index is 10.4. The van der Waals surface area contributed by atoms with Crippen LogP contribution in [0.1, 0.15) is 5.56 Å². The van der Waals surface area contributed by atoms with Crippen LogP contribution >= 0.6 is 0 Å². The number of hydrogen-bond donors (Lipinski definition) is 0. The van der Waals surface area contributed by atoms with Crippen LogP contribution in [0.15, 0.2) is 219 Å². The summed E-state index contributed by atoms with van der Waals surface area (Å²) < 4.78 is 9.48. The van der Waals surface area contributed by atoms with E-state index >= 15 is 0 Å². The second-order valence-electron chi connectivity index (χ2n) is 17.1. The van der Waals surface area contributed by atoms with Crippen LogP contribution < -0.4 is 0 Å². The first-order chi connectivity index (χ1) is 32.7. The molecule has 5 aromatic heterocycles. The molecule has 0 aliphatic heterocycles. The van der Waals surface area contributed by atoms with Gasteiger partial charge in [0.25, 0.3) is 0 Å². The van der Waals surface area contributed by atoms with Crippen LogP contribution in [0.5, 0.6) is 0 Å². The molecule has 0 spiro atoms. The molecule has 0 aliphatic rings. The standard InChI is InChI=1S/C60H36N6/c61-37-38-27-28-56(66-55-26-14-10-22-45(55)49-34-47-43-20-8-12-24-53(43)64(58(47)36-60(49)66)40-17-5-2-6-18-40)50(31-38)51-32-41(29-30-62-51)65-54-25-13-9-21-44(54)48-33-46-42-19-7-11-23-52(42)63(57(46)35-59(48)65)39-15-3-1-4-16-39/h1-36H. The molecule has 0 saturated carbocycles. The third-order valence-corrected chi connectivity index (χ3v) is 13.6. The molecule has 0 fully saturated rings. The summed E-state index contributed by atoms with van der Waals surface area (Å²) in [6.07, 6.45) is 1.90. The van der Waals surface area contributed by atoms with Gasteiger partial charge in [-0.15, -0.1) is 0 Å². The molecule has 0 amide bonds. The number of hydrogen-bond acceptors (Lipinski definition) is 2. The van der Waals surface area contributed by atoms with Gasteiger partial charge in [0, 0.05) is 71.9 Å². The molecule has 5 heterocycles. The highest BCUT2D eigenvalue weighted by Gasteiger charge is 2.23. The van der Waals surface area contributed by atoms with Crippen molar-refractivity contribution in [1.82, 2.24) is 23.3 Å². The number of benzene rings is 9. The topological polar surface area (TPSA) is 56.4 Å². The number of aromatic nitrogens is 5. The Bertz CT molecular complexity index is 4350. The fourth-order valence-corrected chi connectivity index (χ4v) is 10.8. The Balaban J connectivity index is 1.03. The lowest BCUT2D eigenvalue weighted by molar-refractivity contribution is 1.14. The van der Waals surface area contributed by atoms with E-state index in [-0.39, 0.29) is 0 Å². The number of nitrogens with zero attached hydrogens (tertiary/aromatic N) is 6. The van der Waals surface area contributed by atoms with Crippen LogP contribution in [0.3, 0.4) is 0 Å².